The van der Waals surface area contributed by atoms with Crippen LogP contribution in [-0.2, 0) is 28.7 Å². The average molecular weight is 751 g/mol. The van der Waals surface area contributed by atoms with E-state index in [-0.39, 0.29) is 36.7 Å². The lowest BCUT2D eigenvalue weighted by molar-refractivity contribution is -0.384. The Morgan fingerprint density at radius 3 is 2.30 bits per heavy atom. The molecule has 4 rings (SSSR count). The smallest absolute Gasteiger partial charge is 0.410 e. The molecule has 0 bridgehead atoms. The molecule has 4 amide bonds. The normalized spacial score (nSPS) is 20.7. The van der Waals surface area contributed by atoms with E-state index in [0.717, 1.165) is 29.2 Å². The van der Waals surface area contributed by atoms with Crippen molar-refractivity contribution in [2.45, 2.75) is 95.1 Å². The van der Waals surface area contributed by atoms with Crippen molar-refractivity contribution in [1.82, 2.24) is 20.4 Å². The molecule has 5 atom stereocenters. The first-order chi connectivity index (χ1) is 25.6. The number of nitrogens with zero attached hydrogens (tertiary/aromatic N) is 3. The van der Waals surface area contributed by atoms with Gasteiger partial charge in [-0.05, 0) is 77.1 Å². The zero-order valence-electron chi connectivity index (χ0n) is 30.6. The van der Waals surface area contributed by atoms with Crippen molar-refractivity contribution >= 4 is 46.9 Å². The Kier molecular flexibility index (Phi) is 13.7. The summed E-state index contributed by atoms with van der Waals surface area (Å²) in [6.07, 6.45) is -1.38. The van der Waals surface area contributed by atoms with Gasteiger partial charge in [-0.3, -0.25) is 43.8 Å². The van der Waals surface area contributed by atoms with Gasteiger partial charge in [0.25, 0.3) is 11.6 Å². The number of nitrogens with two attached hydrogens (primary N) is 1. The lowest BCUT2D eigenvalue weighted by Crippen LogP contribution is -2.70. The molecule has 17 nitrogen and oxygen atoms in total. The fourth-order valence-corrected chi connectivity index (χ4v) is 6.81. The highest BCUT2D eigenvalue weighted by Crippen LogP contribution is 2.38. The highest BCUT2D eigenvalue weighted by molar-refractivity contribution is 6.36. The second-order valence-electron chi connectivity index (χ2n) is 13.5. The minimum atomic E-state index is -2.71. The monoisotopic (exact) mass is 750 g/mol. The largest absolute Gasteiger partial charge is 0.417 e. The number of hydrogen-bond donors (Lipinski definition) is 3. The maximum Gasteiger partial charge on any atom is 0.417 e. The van der Waals surface area contributed by atoms with Crippen molar-refractivity contribution in [3.05, 3.63) is 70.3 Å². The second-order valence-corrected chi connectivity index (χ2v) is 13.5. The fraction of sp³-hybridized carbons (Fsp3) is 0.486. The lowest BCUT2D eigenvalue weighted by atomic mass is 9.82. The number of carbonyl (C=O) groups excluding carboxylic acids is 7. The van der Waals surface area contributed by atoms with Crippen LogP contribution in [0.15, 0.2) is 54.6 Å². The van der Waals surface area contributed by atoms with Crippen LogP contribution in [0.4, 0.5) is 10.5 Å². The molecule has 2 unspecified atom stereocenters. The molecule has 1 saturated heterocycles. The van der Waals surface area contributed by atoms with Gasteiger partial charge in [0, 0.05) is 50.4 Å². The molecule has 54 heavy (non-hydrogen) atoms. The Balaban J connectivity index is 1.45. The fourth-order valence-electron chi connectivity index (χ4n) is 6.81. The molecule has 0 radical (unpaired) electrons. The van der Waals surface area contributed by atoms with E-state index < -0.39 is 82.4 Å². The SMILES string of the molecule is COC1CC(=O)C(C(=O)[C@H]2CCCN2C(=O)[C@H](C)NC(=O)[C@@H](N)CCCCNC(=O)c2ccccc2)(N(C(=O)Oc2ccc([N+](=O)[O-])cc2)C(C)C)C1=O. The molecule has 2 fully saturated rings. The van der Waals surface area contributed by atoms with Gasteiger partial charge >= 0.3 is 6.09 Å². The number of benzene rings is 2. The molecular formula is C37H46N6O11. The molecule has 1 aliphatic carbocycles. The Morgan fingerprint density at radius 2 is 1.70 bits per heavy atom. The zero-order chi connectivity index (χ0) is 39.7. The van der Waals surface area contributed by atoms with Crippen LogP contribution in [0.2, 0.25) is 0 Å². The van der Waals surface area contributed by atoms with Crippen molar-refractivity contribution < 1.29 is 48.0 Å². The number of non-ortho nitro benzene ring substituents is 1. The predicted octanol–water partition coefficient (Wildman–Crippen LogP) is 2.09. The van der Waals surface area contributed by atoms with Gasteiger partial charge in [-0.15, -0.1) is 0 Å². The van der Waals surface area contributed by atoms with Gasteiger partial charge in [0.1, 0.15) is 17.9 Å². The molecule has 17 heteroatoms. The highest BCUT2D eigenvalue weighted by atomic mass is 16.6. The van der Waals surface area contributed by atoms with Crippen molar-refractivity contribution in [2.24, 2.45) is 5.73 Å². The van der Waals surface area contributed by atoms with Gasteiger partial charge in [-0.1, -0.05) is 18.2 Å². The van der Waals surface area contributed by atoms with Crippen molar-refractivity contribution in [2.75, 3.05) is 20.2 Å². The summed E-state index contributed by atoms with van der Waals surface area (Å²) < 4.78 is 10.7. The van der Waals surface area contributed by atoms with Crippen LogP contribution in [0, 0.1) is 10.1 Å². The van der Waals surface area contributed by atoms with Crippen molar-refractivity contribution in [3.8, 4) is 5.75 Å². The van der Waals surface area contributed by atoms with E-state index in [2.05, 4.69) is 10.6 Å². The maximum absolute atomic E-state index is 14.7. The van der Waals surface area contributed by atoms with Crippen LogP contribution < -0.4 is 21.1 Å². The van der Waals surface area contributed by atoms with Crippen molar-refractivity contribution in [3.63, 3.8) is 0 Å². The minimum Gasteiger partial charge on any atom is -0.410 e. The first-order valence-corrected chi connectivity index (χ1v) is 17.7. The molecule has 1 heterocycles. The number of nitro benzene ring substituents is 1. The molecular weight excluding hydrogens is 704 g/mol. The number of Topliss-reactive ketones (excluding diaryl/α,β-unsaturated/α-hetero) is 3. The molecule has 4 N–H and O–H groups in total. The van der Waals surface area contributed by atoms with Gasteiger partial charge in [-0.25, -0.2) is 4.79 Å². The summed E-state index contributed by atoms with van der Waals surface area (Å²) in [5, 5.41) is 16.5. The number of carbonyl (C=O) groups is 7. The summed E-state index contributed by atoms with van der Waals surface area (Å²) in [4.78, 5) is 108. The molecule has 1 aliphatic heterocycles. The van der Waals surface area contributed by atoms with Gasteiger partial charge in [0.2, 0.25) is 23.1 Å². The summed E-state index contributed by atoms with van der Waals surface area (Å²) in [7, 11) is 1.19. The number of rotatable bonds is 16. The summed E-state index contributed by atoms with van der Waals surface area (Å²) in [6, 6.07) is 8.84. The van der Waals surface area contributed by atoms with E-state index in [4.69, 9.17) is 15.2 Å². The van der Waals surface area contributed by atoms with Gasteiger partial charge in [-0.2, -0.15) is 0 Å². The Morgan fingerprint density at radius 1 is 1.04 bits per heavy atom. The quantitative estimate of drug-likeness (QED) is 0.0968. The summed E-state index contributed by atoms with van der Waals surface area (Å²) in [5.74, 6) is -4.52. The summed E-state index contributed by atoms with van der Waals surface area (Å²) >= 11 is 0. The molecule has 0 spiro atoms. The number of likely N-dealkylation sites (tertiary alicyclic amines) is 1. The molecule has 2 aromatic rings. The number of unbranched alkanes of at least 4 members (excludes halogenated alkanes) is 1. The van der Waals surface area contributed by atoms with E-state index in [0.29, 0.717) is 31.4 Å². The molecule has 2 aromatic carbocycles. The third-order valence-corrected chi connectivity index (χ3v) is 9.56. The van der Waals surface area contributed by atoms with Gasteiger partial charge in [0.15, 0.2) is 11.6 Å². The van der Waals surface area contributed by atoms with Crippen LogP contribution in [0.3, 0.4) is 0 Å². The number of ketones is 3. The number of hydrogen-bond acceptors (Lipinski definition) is 12. The van der Waals surface area contributed by atoms with Crippen LogP contribution in [0.25, 0.3) is 0 Å². The van der Waals surface area contributed by atoms with Crippen molar-refractivity contribution in [1.29, 1.82) is 0 Å². The molecule has 2 aliphatic rings. The average Bonchev–Trinajstić information content (AvgIpc) is 3.73. The Bertz CT molecular complexity index is 1750. The Hall–Kier alpha value is -5.55. The topological polar surface area (TPSA) is 238 Å². The van der Waals surface area contributed by atoms with E-state index in [1.165, 1.54) is 32.8 Å². The van der Waals surface area contributed by atoms with Gasteiger partial charge in [0.05, 0.1) is 17.0 Å². The second kappa shape index (κ2) is 18.0. The molecule has 0 aromatic heterocycles. The number of nitro groups is 1. The van der Waals surface area contributed by atoms with E-state index >= 15 is 0 Å². The predicted molar refractivity (Wildman–Crippen MR) is 192 cm³/mol. The van der Waals surface area contributed by atoms with E-state index in [1.807, 2.05) is 6.07 Å². The van der Waals surface area contributed by atoms with E-state index in [9.17, 15) is 43.7 Å². The van der Waals surface area contributed by atoms with Crippen LogP contribution in [-0.4, -0.2) is 112 Å². The number of ether oxygens (including phenoxy) is 2. The van der Waals surface area contributed by atoms with E-state index in [1.54, 1.807) is 24.3 Å². The molecule has 290 valence electrons. The number of methoxy groups -OCH3 is 1. The Labute approximate surface area is 312 Å². The third kappa shape index (κ3) is 8.80. The van der Waals surface area contributed by atoms with Crippen LogP contribution >= 0.6 is 0 Å². The third-order valence-electron chi connectivity index (χ3n) is 9.56. The standard InChI is InChI=1S/C37H46N6O11/c1-22(2)42(36(50)54-26-17-15-25(16-18-26)43(51)52)37(30(44)21-29(53-4)32(37)46)31(45)28-14-10-20-41(28)35(49)23(3)40-34(48)27(38)13-8-9-19-39-33(47)24-11-6-5-7-12-24/h5-7,11-12,15-18,22-23,27-29H,8-10,13-14,19-21,38H2,1-4H3,(H,39,47)(H,40,48)/t23-,27-,28+,29?,37?/m0/s1. The lowest BCUT2D eigenvalue weighted by Gasteiger charge is -2.41. The van der Waals surface area contributed by atoms with Gasteiger partial charge < -0.3 is 30.7 Å². The summed E-state index contributed by atoms with van der Waals surface area (Å²) in [5.41, 5.74) is 3.65. The number of amides is 4. The van der Waals surface area contributed by atoms with Crippen LogP contribution in [0.5, 0.6) is 5.75 Å². The summed E-state index contributed by atoms with van der Waals surface area (Å²) in [6.45, 7) is 4.83. The first-order valence-electron chi connectivity index (χ1n) is 17.7. The number of nitrogens with one attached hydrogen (secondary N) is 2. The molecule has 1 saturated carbocycles. The highest BCUT2D eigenvalue weighted by Gasteiger charge is 2.67. The minimum absolute atomic E-state index is 0.0643. The first kappa shape index (κ1) is 41.2. The zero-order valence-corrected chi connectivity index (χ0v) is 30.6. The maximum atomic E-state index is 14.7. The van der Waals surface area contributed by atoms with Crippen LogP contribution in [0.1, 0.15) is 69.7 Å².